The highest BCUT2D eigenvalue weighted by Crippen LogP contribution is 2.24. The van der Waals surface area contributed by atoms with Gasteiger partial charge in [0.05, 0.1) is 17.9 Å². The van der Waals surface area contributed by atoms with Gasteiger partial charge < -0.3 is 15.5 Å². The molecule has 118 valence electrons. The van der Waals surface area contributed by atoms with Crippen LogP contribution in [0.5, 0.6) is 0 Å². The minimum Gasteiger partial charge on any atom is -0.324 e. The summed E-state index contributed by atoms with van der Waals surface area (Å²) in [6.45, 7) is -0.0374. The largest absolute Gasteiger partial charge is 0.324 e. The van der Waals surface area contributed by atoms with Crippen molar-refractivity contribution in [3.05, 3.63) is 67.0 Å². The summed E-state index contributed by atoms with van der Waals surface area (Å²) >= 11 is 0. The third-order valence-corrected chi connectivity index (χ3v) is 3.97. The van der Waals surface area contributed by atoms with Gasteiger partial charge in [-0.15, -0.1) is 0 Å². The average molecular weight is 316 g/mol. The molecule has 4 aromatic rings. The van der Waals surface area contributed by atoms with E-state index in [2.05, 4.69) is 40.6 Å². The smallest absolute Gasteiger partial charge is 0.238 e. The number of hydrogen-bond donors (Lipinski definition) is 2. The first-order chi connectivity index (χ1) is 11.7. The Labute approximate surface area is 138 Å². The number of fused-ring (bicyclic) bond motifs is 2. The van der Waals surface area contributed by atoms with E-state index in [-0.39, 0.29) is 12.5 Å². The number of anilines is 1. The van der Waals surface area contributed by atoms with Crippen LogP contribution >= 0.6 is 0 Å². The highest BCUT2D eigenvalue weighted by molar-refractivity contribution is 5.92. The number of nitrogens with two attached hydrogens (primary N) is 1. The molecule has 0 aliphatic heterocycles. The van der Waals surface area contributed by atoms with E-state index < -0.39 is 0 Å². The summed E-state index contributed by atoms with van der Waals surface area (Å²) in [5.41, 5.74) is 8.80. The van der Waals surface area contributed by atoms with Crippen molar-refractivity contribution in [1.29, 1.82) is 0 Å². The first-order valence-electron chi connectivity index (χ1n) is 7.71. The molecule has 2 aromatic heterocycles. The third-order valence-electron chi connectivity index (χ3n) is 3.97. The zero-order valence-electron chi connectivity index (χ0n) is 12.9. The quantitative estimate of drug-likeness (QED) is 0.610. The number of rotatable bonds is 3. The molecule has 0 bridgehead atoms. The Kier molecular flexibility index (Phi) is 3.48. The topological polar surface area (TPSA) is 72.4 Å². The number of nitrogens with zero attached hydrogens (tertiary/aromatic N) is 2. The van der Waals surface area contributed by atoms with E-state index in [1.54, 1.807) is 0 Å². The first kappa shape index (κ1) is 14.4. The second-order valence-corrected chi connectivity index (χ2v) is 5.62. The van der Waals surface area contributed by atoms with Crippen LogP contribution < -0.4 is 11.1 Å². The van der Waals surface area contributed by atoms with Crippen molar-refractivity contribution < 1.29 is 4.79 Å². The van der Waals surface area contributed by atoms with Gasteiger partial charge in [0.1, 0.15) is 5.65 Å². The van der Waals surface area contributed by atoms with Crippen LogP contribution in [0.3, 0.4) is 0 Å². The van der Waals surface area contributed by atoms with Gasteiger partial charge in [0.25, 0.3) is 0 Å². The van der Waals surface area contributed by atoms with E-state index in [1.165, 1.54) is 10.8 Å². The lowest BCUT2D eigenvalue weighted by Gasteiger charge is -2.03. The number of nitrogens with one attached hydrogen (secondary N) is 1. The minimum absolute atomic E-state index is 0.0374. The van der Waals surface area contributed by atoms with Crippen molar-refractivity contribution in [3.8, 4) is 11.3 Å². The van der Waals surface area contributed by atoms with Crippen molar-refractivity contribution >= 4 is 28.0 Å². The molecule has 0 aliphatic rings. The zero-order valence-corrected chi connectivity index (χ0v) is 12.9. The highest BCUT2D eigenvalue weighted by atomic mass is 16.1. The molecule has 0 spiro atoms. The van der Waals surface area contributed by atoms with Gasteiger partial charge in [-0.3, -0.25) is 4.79 Å². The van der Waals surface area contributed by atoms with Crippen molar-refractivity contribution in [2.45, 2.75) is 0 Å². The lowest BCUT2D eigenvalue weighted by Crippen LogP contribution is -2.21. The van der Waals surface area contributed by atoms with E-state index in [1.807, 2.05) is 41.1 Å². The number of hydrogen-bond acceptors (Lipinski definition) is 3. The molecule has 4 rings (SSSR count). The molecular formula is C19H16N4O. The standard InChI is InChI=1S/C19H16N4O/c20-10-19(24)21-16-7-8-18-22-17(12-23(18)11-16)15-6-5-13-3-1-2-4-14(13)9-15/h1-9,11-12H,10,20H2,(H,21,24). The van der Waals surface area contributed by atoms with Crippen LogP contribution in [0, 0.1) is 0 Å². The molecule has 0 radical (unpaired) electrons. The van der Waals surface area contributed by atoms with Gasteiger partial charge in [-0.05, 0) is 29.0 Å². The Hall–Kier alpha value is -3.18. The van der Waals surface area contributed by atoms with Crippen molar-refractivity contribution in [2.75, 3.05) is 11.9 Å². The molecule has 24 heavy (non-hydrogen) atoms. The molecule has 2 heterocycles. The van der Waals surface area contributed by atoms with Crippen molar-refractivity contribution in [1.82, 2.24) is 9.38 Å². The van der Waals surface area contributed by atoms with Gasteiger partial charge >= 0.3 is 0 Å². The molecule has 0 unspecified atom stereocenters. The maximum absolute atomic E-state index is 11.4. The van der Waals surface area contributed by atoms with E-state index in [4.69, 9.17) is 5.73 Å². The van der Waals surface area contributed by atoms with E-state index >= 15 is 0 Å². The molecule has 3 N–H and O–H groups in total. The molecule has 2 aromatic carbocycles. The summed E-state index contributed by atoms with van der Waals surface area (Å²) in [6, 6.07) is 18.2. The first-order valence-corrected chi connectivity index (χ1v) is 7.71. The molecule has 5 nitrogen and oxygen atoms in total. The summed E-state index contributed by atoms with van der Waals surface area (Å²) < 4.78 is 1.90. The third kappa shape index (κ3) is 2.61. The number of carbonyl (C=O) groups excluding carboxylic acids is 1. The molecule has 0 atom stereocenters. The van der Waals surface area contributed by atoms with Crippen LogP contribution in [0.1, 0.15) is 0 Å². The fraction of sp³-hybridized carbons (Fsp3) is 0.0526. The molecule has 0 saturated carbocycles. The van der Waals surface area contributed by atoms with E-state index in [0.717, 1.165) is 16.9 Å². The summed E-state index contributed by atoms with van der Waals surface area (Å²) in [7, 11) is 0. The van der Waals surface area contributed by atoms with Gasteiger partial charge in [0.2, 0.25) is 5.91 Å². The summed E-state index contributed by atoms with van der Waals surface area (Å²) in [5, 5.41) is 5.13. The molecule has 0 fully saturated rings. The lowest BCUT2D eigenvalue weighted by molar-refractivity contribution is -0.114. The Morgan fingerprint density at radius 1 is 1.04 bits per heavy atom. The maximum Gasteiger partial charge on any atom is 0.238 e. The number of imidazole rings is 1. The van der Waals surface area contributed by atoms with Gasteiger partial charge in [-0.25, -0.2) is 4.98 Å². The number of aromatic nitrogens is 2. The average Bonchev–Trinajstić information content (AvgIpc) is 3.04. The normalized spacial score (nSPS) is 11.0. The van der Waals surface area contributed by atoms with Crippen LogP contribution in [-0.2, 0) is 4.79 Å². The predicted molar refractivity (Wildman–Crippen MR) is 95.8 cm³/mol. The maximum atomic E-state index is 11.4. The fourth-order valence-corrected chi connectivity index (χ4v) is 2.77. The van der Waals surface area contributed by atoms with Crippen LogP contribution in [0.25, 0.3) is 27.7 Å². The Morgan fingerprint density at radius 3 is 2.71 bits per heavy atom. The number of benzene rings is 2. The second kappa shape index (κ2) is 5.79. The number of pyridine rings is 1. The Balaban J connectivity index is 1.74. The summed E-state index contributed by atoms with van der Waals surface area (Å²) in [4.78, 5) is 16.1. The van der Waals surface area contributed by atoms with Crippen LogP contribution in [0.15, 0.2) is 67.0 Å². The van der Waals surface area contributed by atoms with Gasteiger partial charge in [0, 0.05) is 18.0 Å². The van der Waals surface area contributed by atoms with Crippen molar-refractivity contribution in [3.63, 3.8) is 0 Å². The second-order valence-electron chi connectivity index (χ2n) is 5.62. The van der Waals surface area contributed by atoms with Crippen LogP contribution in [-0.4, -0.2) is 21.8 Å². The zero-order chi connectivity index (χ0) is 16.5. The monoisotopic (exact) mass is 316 g/mol. The Bertz CT molecular complexity index is 1050. The van der Waals surface area contributed by atoms with Gasteiger partial charge in [-0.1, -0.05) is 36.4 Å². The lowest BCUT2D eigenvalue weighted by atomic mass is 10.1. The highest BCUT2D eigenvalue weighted by Gasteiger charge is 2.07. The van der Waals surface area contributed by atoms with E-state index in [0.29, 0.717) is 5.69 Å². The minimum atomic E-state index is -0.218. The van der Waals surface area contributed by atoms with Gasteiger partial charge in [-0.2, -0.15) is 0 Å². The number of carbonyl (C=O) groups is 1. The number of amides is 1. The molecule has 5 heteroatoms. The molecule has 1 amide bonds. The summed E-state index contributed by atoms with van der Waals surface area (Å²) in [6.07, 6.45) is 3.79. The van der Waals surface area contributed by atoms with Crippen LogP contribution in [0.4, 0.5) is 5.69 Å². The predicted octanol–water partition coefficient (Wildman–Crippen LogP) is 3.05. The molecule has 0 saturated heterocycles. The van der Waals surface area contributed by atoms with E-state index in [9.17, 15) is 4.79 Å². The Morgan fingerprint density at radius 2 is 1.88 bits per heavy atom. The molecule has 0 aliphatic carbocycles. The fourth-order valence-electron chi connectivity index (χ4n) is 2.77. The SMILES string of the molecule is NCC(=O)Nc1ccc2nc(-c3ccc4ccccc4c3)cn2c1. The summed E-state index contributed by atoms with van der Waals surface area (Å²) in [5.74, 6) is -0.218. The molecular weight excluding hydrogens is 300 g/mol. The van der Waals surface area contributed by atoms with Gasteiger partial charge in [0.15, 0.2) is 0 Å². The van der Waals surface area contributed by atoms with Crippen molar-refractivity contribution in [2.24, 2.45) is 5.73 Å². The van der Waals surface area contributed by atoms with Crippen LogP contribution in [0.2, 0.25) is 0 Å².